The first-order valence-electron chi connectivity index (χ1n) is 10.5. The Morgan fingerprint density at radius 2 is 2.11 bits per heavy atom. The van der Waals surface area contributed by atoms with Crippen molar-refractivity contribution in [2.45, 2.75) is 18.6 Å². The highest BCUT2D eigenvalue weighted by Gasteiger charge is 2.39. The lowest BCUT2D eigenvalue weighted by molar-refractivity contribution is -0.142. The van der Waals surface area contributed by atoms with Crippen LogP contribution in [0.3, 0.4) is 0 Å². The molecule has 0 aliphatic carbocycles. The minimum atomic E-state index is -4.60. The average molecular weight is 483 g/mol. The van der Waals surface area contributed by atoms with Crippen LogP contribution in [-0.2, 0) is 19.6 Å². The minimum absolute atomic E-state index is 0.123. The molecule has 1 aliphatic rings. The van der Waals surface area contributed by atoms with Crippen molar-refractivity contribution in [2.75, 3.05) is 6.54 Å². The molecule has 0 spiro atoms. The summed E-state index contributed by atoms with van der Waals surface area (Å²) in [7, 11) is 1.73. The van der Waals surface area contributed by atoms with Crippen molar-refractivity contribution in [3.63, 3.8) is 0 Å². The van der Waals surface area contributed by atoms with Crippen molar-refractivity contribution < 1.29 is 22.4 Å². The topological polar surface area (TPSA) is 123 Å². The summed E-state index contributed by atoms with van der Waals surface area (Å²) in [6.07, 6.45) is 0.527. The van der Waals surface area contributed by atoms with E-state index in [9.17, 15) is 18.0 Å². The van der Waals surface area contributed by atoms with Crippen LogP contribution in [0.1, 0.15) is 39.5 Å². The highest BCUT2D eigenvalue weighted by atomic mass is 19.4. The van der Waals surface area contributed by atoms with Gasteiger partial charge in [-0.25, -0.2) is 9.50 Å². The quantitative estimate of drug-likeness (QED) is 0.419. The molecule has 0 unspecified atom stereocenters. The Labute approximate surface area is 194 Å². The van der Waals surface area contributed by atoms with Crippen LogP contribution in [0.2, 0.25) is 0 Å². The van der Waals surface area contributed by atoms with Crippen LogP contribution in [0, 0.1) is 0 Å². The van der Waals surface area contributed by atoms with E-state index >= 15 is 0 Å². The Balaban J connectivity index is 1.42. The summed E-state index contributed by atoms with van der Waals surface area (Å²) in [6.45, 7) is 0.239. The van der Waals surface area contributed by atoms with E-state index in [4.69, 9.17) is 4.42 Å². The van der Waals surface area contributed by atoms with Crippen molar-refractivity contribution >= 4 is 11.4 Å². The Bertz CT molecular complexity index is 1560. The van der Waals surface area contributed by atoms with Crippen molar-refractivity contribution in [3.05, 3.63) is 71.7 Å². The lowest BCUT2D eigenvalue weighted by Crippen LogP contribution is -2.41. The molecule has 0 saturated heterocycles. The summed E-state index contributed by atoms with van der Waals surface area (Å²) in [4.78, 5) is 22.3. The van der Waals surface area contributed by atoms with E-state index in [0.29, 0.717) is 17.7 Å². The molecule has 0 fully saturated rings. The number of H-pyrrole nitrogens is 1. The molecule has 178 valence electrons. The molecule has 11 nitrogen and oxygen atoms in total. The molecule has 6 rings (SSSR count). The third-order valence-corrected chi connectivity index (χ3v) is 5.82. The van der Waals surface area contributed by atoms with E-state index in [0.717, 1.165) is 16.3 Å². The summed E-state index contributed by atoms with van der Waals surface area (Å²) in [5.74, 6) is -0.718. The molecule has 1 N–H and O–H groups in total. The first kappa shape index (κ1) is 21.1. The van der Waals surface area contributed by atoms with Gasteiger partial charge in [0.1, 0.15) is 11.7 Å². The van der Waals surface area contributed by atoms with Gasteiger partial charge in [0.25, 0.3) is 5.89 Å². The van der Waals surface area contributed by atoms with Gasteiger partial charge >= 0.3 is 18.0 Å². The number of carbonyl (C=O) groups excluding carboxylic acids is 1. The number of imidazole rings is 1. The highest BCUT2D eigenvalue weighted by molar-refractivity contribution is 5.90. The standard InChI is InChI=1S/C21H16F3N9O2/c1-31-9-11(8-27-31)18-28-29-19(35-18)20(34)32-6-5-13-16(26-10-25-13)17(32)14-7-12-3-2-4-15(21(22,23)24)33(12)30-14/h2-4,7-10,17H,5-6H2,1H3,(H,25,26)/t17-/m1/s1. The largest absolute Gasteiger partial charge is 0.433 e. The smallest absolute Gasteiger partial charge is 0.412 e. The Morgan fingerprint density at radius 1 is 1.26 bits per heavy atom. The van der Waals surface area contributed by atoms with E-state index in [1.807, 2.05) is 0 Å². The number of rotatable bonds is 3. The number of aryl methyl sites for hydroxylation is 1. The second-order valence-corrected chi connectivity index (χ2v) is 8.05. The van der Waals surface area contributed by atoms with Gasteiger partial charge in [-0.05, 0) is 18.2 Å². The lowest BCUT2D eigenvalue weighted by atomic mass is 9.99. The number of aromatic nitrogens is 8. The van der Waals surface area contributed by atoms with Crippen molar-refractivity contribution in [2.24, 2.45) is 7.05 Å². The summed E-state index contributed by atoms with van der Waals surface area (Å²) >= 11 is 0. The fraction of sp³-hybridized carbons (Fsp3) is 0.238. The van der Waals surface area contributed by atoms with E-state index in [1.54, 1.807) is 17.9 Å². The summed E-state index contributed by atoms with van der Waals surface area (Å²) < 4.78 is 48.6. The van der Waals surface area contributed by atoms with Crippen LogP contribution in [0.15, 0.2) is 47.4 Å². The fourth-order valence-corrected chi connectivity index (χ4v) is 4.26. The third kappa shape index (κ3) is 3.45. The fourth-order valence-electron chi connectivity index (χ4n) is 4.26. The van der Waals surface area contributed by atoms with Crippen LogP contribution in [0.5, 0.6) is 0 Å². The molecule has 1 atom stereocenters. The van der Waals surface area contributed by atoms with Crippen LogP contribution in [-0.4, -0.2) is 56.9 Å². The Hall–Kier alpha value is -4.49. The number of hydrogen-bond acceptors (Lipinski definition) is 7. The highest BCUT2D eigenvalue weighted by Crippen LogP contribution is 2.36. The van der Waals surface area contributed by atoms with Crippen LogP contribution < -0.4 is 0 Å². The van der Waals surface area contributed by atoms with Gasteiger partial charge in [-0.3, -0.25) is 9.48 Å². The first-order chi connectivity index (χ1) is 16.8. The lowest BCUT2D eigenvalue weighted by Gasteiger charge is -2.32. The Kier molecular flexibility index (Phi) is 4.52. The number of amides is 1. The van der Waals surface area contributed by atoms with Gasteiger partial charge < -0.3 is 14.3 Å². The molecule has 0 bridgehead atoms. The van der Waals surface area contributed by atoms with Gasteiger partial charge in [0.15, 0.2) is 0 Å². The number of aromatic amines is 1. The summed E-state index contributed by atoms with van der Waals surface area (Å²) in [5.41, 5.74) is 1.36. The van der Waals surface area contributed by atoms with Gasteiger partial charge in [-0.1, -0.05) is 6.07 Å². The SMILES string of the molecule is Cn1cc(-c2nnc(C(=O)N3CCc4[nH]cnc4[C@H]3c3cc4cccc(C(F)(F)F)n4n3)o2)cn1. The number of nitrogens with zero attached hydrogens (tertiary/aromatic N) is 8. The van der Waals surface area contributed by atoms with Gasteiger partial charge in [0.05, 0.1) is 35.0 Å². The van der Waals surface area contributed by atoms with Gasteiger partial charge in [-0.15, -0.1) is 10.2 Å². The van der Waals surface area contributed by atoms with Gasteiger partial charge in [-0.2, -0.15) is 23.4 Å². The number of carbonyl (C=O) groups is 1. The molecule has 14 heteroatoms. The molecule has 35 heavy (non-hydrogen) atoms. The number of hydrogen-bond donors (Lipinski definition) is 1. The zero-order valence-electron chi connectivity index (χ0n) is 18.1. The monoisotopic (exact) mass is 483 g/mol. The number of nitrogens with one attached hydrogen (secondary N) is 1. The van der Waals surface area contributed by atoms with Crippen LogP contribution >= 0.6 is 0 Å². The molecule has 1 amide bonds. The maximum Gasteiger partial charge on any atom is 0.433 e. The number of fused-ring (bicyclic) bond motifs is 2. The molecule has 1 aliphatic heterocycles. The zero-order chi connectivity index (χ0) is 24.3. The number of halogens is 3. The number of pyridine rings is 1. The predicted octanol–water partition coefficient (Wildman–Crippen LogP) is 2.65. The molecule has 0 aromatic carbocycles. The van der Waals surface area contributed by atoms with Crippen molar-refractivity contribution in [1.82, 2.24) is 44.5 Å². The first-order valence-corrected chi connectivity index (χ1v) is 10.5. The molecular formula is C21H16F3N9O2. The zero-order valence-corrected chi connectivity index (χ0v) is 18.1. The maximum atomic E-state index is 13.6. The predicted molar refractivity (Wildman–Crippen MR) is 112 cm³/mol. The molecule has 0 radical (unpaired) electrons. The van der Waals surface area contributed by atoms with E-state index in [2.05, 4.69) is 30.4 Å². The number of alkyl halides is 3. The molecule has 0 saturated carbocycles. The second kappa shape index (κ2) is 7.51. The van der Waals surface area contributed by atoms with Crippen molar-refractivity contribution in [3.8, 4) is 11.5 Å². The van der Waals surface area contributed by atoms with Crippen molar-refractivity contribution in [1.29, 1.82) is 0 Å². The third-order valence-electron chi connectivity index (χ3n) is 5.82. The van der Waals surface area contributed by atoms with Gasteiger partial charge in [0.2, 0.25) is 0 Å². The van der Waals surface area contributed by atoms with E-state index < -0.39 is 23.8 Å². The van der Waals surface area contributed by atoms with Crippen LogP contribution in [0.4, 0.5) is 13.2 Å². The second-order valence-electron chi connectivity index (χ2n) is 8.05. The summed E-state index contributed by atoms with van der Waals surface area (Å²) in [5, 5.41) is 16.1. The van der Waals surface area contributed by atoms with Gasteiger partial charge in [0, 0.05) is 31.9 Å². The molecule has 5 aromatic rings. The molecule has 6 heterocycles. The molecule has 5 aromatic heterocycles. The minimum Gasteiger partial charge on any atom is -0.412 e. The normalized spacial score (nSPS) is 16.1. The van der Waals surface area contributed by atoms with E-state index in [-0.39, 0.29) is 29.5 Å². The van der Waals surface area contributed by atoms with Crippen LogP contribution in [0.25, 0.3) is 17.0 Å². The van der Waals surface area contributed by atoms with E-state index in [1.165, 1.54) is 35.6 Å². The average Bonchev–Trinajstić information content (AvgIpc) is 3.62. The molecular weight excluding hydrogens is 467 g/mol. The Morgan fingerprint density at radius 3 is 2.89 bits per heavy atom. The maximum absolute atomic E-state index is 13.6. The summed E-state index contributed by atoms with van der Waals surface area (Å²) in [6, 6.07) is 4.44.